The van der Waals surface area contributed by atoms with Crippen LogP contribution in [0.1, 0.15) is 0 Å². The average molecular weight is 409 g/mol. The second-order valence-corrected chi connectivity index (χ2v) is 10.7. The smallest absolute Gasteiger partial charge is 0.218 e. The molecule has 136 valence electrons. The van der Waals surface area contributed by atoms with Crippen molar-refractivity contribution in [1.82, 2.24) is 4.98 Å². The van der Waals surface area contributed by atoms with Crippen molar-refractivity contribution < 1.29 is 16.8 Å². The Hall–Kier alpha value is -2.23. The van der Waals surface area contributed by atoms with Crippen molar-refractivity contribution in [2.45, 2.75) is 14.0 Å². The number of thiazole rings is 1. The standard InChI is InChI=1S/C17H16N2O4S3/c1-18-17-19-11-16(24-17)26(22,23)15-9-8-13(25(2,20)21)10-14(15)12-6-4-3-5-7-12/h3-11H,1-2H3,(H,18,19). The molecular formula is C17H16N2O4S3. The van der Waals surface area contributed by atoms with Crippen molar-refractivity contribution >= 4 is 36.1 Å². The van der Waals surface area contributed by atoms with Gasteiger partial charge in [0.15, 0.2) is 15.0 Å². The predicted molar refractivity (Wildman–Crippen MR) is 102 cm³/mol. The van der Waals surface area contributed by atoms with E-state index in [9.17, 15) is 16.8 Å². The zero-order chi connectivity index (χ0) is 18.9. The zero-order valence-corrected chi connectivity index (χ0v) is 16.5. The van der Waals surface area contributed by atoms with Crippen molar-refractivity contribution in [1.29, 1.82) is 0 Å². The van der Waals surface area contributed by atoms with E-state index in [1.165, 1.54) is 24.4 Å². The largest absolute Gasteiger partial charge is 0.365 e. The summed E-state index contributed by atoms with van der Waals surface area (Å²) in [6.45, 7) is 0. The molecule has 1 heterocycles. The Bertz CT molecular complexity index is 1150. The molecule has 0 amide bonds. The van der Waals surface area contributed by atoms with E-state index in [1.807, 2.05) is 0 Å². The van der Waals surface area contributed by atoms with Crippen LogP contribution < -0.4 is 5.32 Å². The molecule has 3 rings (SSSR count). The Morgan fingerprint density at radius 3 is 2.27 bits per heavy atom. The maximum absolute atomic E-state index is 13.1. The first-order valence-electron chi connectivity index (χ1n) is 7.51. The predicted octanol–water partition coefficient (Wildman–Crippen LogP) is 3.09. The first kappa shape index (κ1) is 18.6. The van der Waals surface area contributed by atoms with Crippen LogP contribution in [0.2, 0.25) is 0 Å². The van der Waals surface area contributed by atoms with Gasteiger partial charge in [-0.2, -0.15) is 0 Å². The molecule has 0 aliphatic rings. The van der Waals surface area contributed by atoms with Gasteiger partial charge in [0, 0.05) is 18.9 Å². The number of benzene rings is 2. The highest BCUT2D eigenvalue weighted by Crippen LogP contribution is 2.35. The van der Waals surface area contributed by atoms with Crippen molar-refractivity contribution in [3.05, 3.63) is 54.7 Å². The Kier molecular flexibility index (Phi) is 4.87. The molecule has 26 heavy (non-hydrogen) atoms. The Morgan fingerprint density at radius 1 is 1.00 bits per heavy atom. The van der Waals surface area contributed by atoms with E-state index in [1.54, 1.807) is 37.4 Å². The molecule has 0 bridgehead atoms. The number of anilines is 1. The van der Waals surface area contributed by atoms with E-state index >= 15 is 0 Å². The number of hydrogen-bond acceptors (Lipinski definition) is 7. The van der Waals surface area contributed by atoms with Crippen LogP contribution in [0.3, 0.4) is 0 Å². The Labute approximate surface area is 156 Å². The summed E-state index contributed by atoms with van der Waals surface area (Å²) < 4.78 is 50.2. The van der Waals surface area contributed by atoms with Crippen molar-refractivity contribution in [2.75, 3.05) is 18.6 Å². The van der Waals surface area contributed by atoms with Crippen LogP contribution >= 0.6 is 11.3 Å². The van der Waals surface area contributed by atoms with Crippen LogP contribution in [0.5, 0.6) is 0 Å². The molecule has 0 radical (unpaired) electrons. The van der Waals surface area contributed by atoms with E-state index in [4.69, 9.17) is 0 Å². The fourth-order valence-electron chi connectivity index (χ4n) is 2.42. The lowest BCUT2D eigenvalue weighted by molar-refractivity contribution is 0.596. The number of rotatable bonds is 5. The number of sulfone groups is 2. The van der Waals surface area contributed by atoms with E-state index in [2.05, 4.69) is 10.3 Å². The van der Waals surface area contributed by atoms with Crippen molar-refractivity contribution in [2.24, 2.45) is 0 Å². The number of aromatic nitrogens is 1. The molecule has 0 aliphatic carbocycles. The van der Waals surface area contributed by atoms with Gasteiger partial charge in [0.1, 0.15) is 4.21 Å². The van der Waals surface area contributed by atoms with Crippen LogP contribution in [0.25, 0.3) is 11.1 Å². The SMILES string of the molecule is CNc1ncc(S(=O)(=O)c2ccc(S(C)(=O)=O)cc2-c2ccccc2)s1. The number of nitrogens with one attached hydrogen (secondary N) is 1. The van der Waals surface area contributed by atoms with Crippen LogP contribution in [0, 0.1) is 0 Å². The highest BCUT2D eigenvalue weighted by molar-refractivity contribution is 7.93. The summed E-state index contributed by atoms with van der Waals surface area (Å²) in [6, 6.07) is 12.9. The molecule has 0 saturated carbocycles. The summed E-state index contributed by atoms with van der Waals surface area (Å²) in [4.78, 5) is 4.13. The third kappa shape index (κ3) is 3.50. The lowest BCUT2D eigenvalue weighted by atomic mass is 10.1. The molecule has 3 aromatic rings. The van der Waals surface area contributed by atoms with Crippen molar-refractivity contribution in [3.8, 4) is 11.1 Å². The first-order chi connectivity index (χ1) is 12.2. The molecule has 0 spiro atoms. The lowest BCUT2D eigenvalue weighted by Crippen LogP contribution is -2.05. The van der Waals surface area contributed by atoms with E-state index in [0.29, 0.717) is 16.3 Å². The summed E-state index contributed by atoms with van der Waals surface area (Å²) in [5, 5.41) is 3.29. The Balaban J connectivity index is 2.27. The van der Waals surface area contributed by atoms with Gasteiger partial charge in [-0.05, 0) is 23.8 Å². The fraction of sp³-hybridized carbons (Fsp3) is 0.118. The molecule has 0 aliphatic heterocycles. The highest BCUT2D eigenvalue weighted by Gasteiger charge is 2.26. The summed E-state index contributed by atoms with van der Waals surface area (Å²) in [6.07, 6.45) is 2.39. The minimum absolute atomic E-state index is 0.0439. The summed E-state index contributed by atoms with van der Waals surface area (Å²) in [5.74, 6) is 0. The maximum Gasteiger partial charge on any atom is 0.218 e. The van der Waals surface area contributed by atoms with Gasteiger partial charge in [-0.1, -0.05) is 41.7 Å². The molecule has 1 aromatic heterocycles. The van der Waals surface area contributed by atoms with Crippen LogP contribution in [0.4, 0.5) is 5.13 Å². The van der Waals surface area contributed by atoms with Gasteiger partial charge in [0.05, 0.1) is 16.0 Å². The average Bonchev–Trinajstić information content (AvgIpc) is 3.11. The molecule has 0 fully saturated rings. The molecule has 9 heteroatoms. The first-order valence-corrected chi connectivity index (χ1v) is 11.7. The van der Waals surface area contributed by atoms with Gasteiger partial charge in [-0.15, -0.1) is 0 Å². The van der Waals surface area contributed by atoms with E-state index in [-0.39, 0.29) is 14.0 Å². The maximum atomic E-state index is 13.1. The quantitative estimate of drug-likeness (QED) is 0.697. The van der Waals surface area contributed by atoms with Crippen LogP contribution in [0.15, 0.2) is 68.7 Å². The van der Waals surface area contributed by atoms with Gasteiger partial charge >= 0.3 is 0 Å². The molecule has 1 N–H and O–H groups in total. The number of nitrogens with zero attached hydrogens (tertiary/aromatic N) is 1. The van der Waals surface area contributed by atoms with Gasteiger partial charge in [0.25, 0.3) is 0 Å². The lowest BCUT2D eigenvalue weighted by Gasteiger charge is -2.11. The molecule has 2 aromatic carbocycles. The second kappa shape index (κ2) is 6.82. The van der Waals surface area contributed by atoms with Gasteiger partial charge < -0.3 is 5.32 Å². The third-order valence-electron chi connectivity index (χ3n) is 3.72. The molecule has 0 atom stereocenters. The van der Waals surface area contributed by atoms with Gasteiger partial charge in [0.2, 0.25) is 9.84 Å². The topological polar surface area (TPSA) is 93.2 Å². The summed E-state index contributed by atoms with van der Waals surface area (Å²) in [7, 11) is -5.66. The van der Waals surface area contributed by atoms with Gasteiger partial charge in [-0.3, -0.25) is 0 Å². The molecule has 0 unspecified atom stereocenters. The minimum Gasteiger partial charge on any atom is -0.365 e. The van der Waals surface area contributed by atoms with Crippen LogP contribution in [-0.4, -0.2) is 35.1 Å². The van der Waals surface area contributed by atoms with E-state index in [0.717, 1.165) is 17.6 Å². The highest BCUT2D eigenvalue weighted by atomic mass is 32.2. The molecular weight excluding hydrogens is 392 g/mol. The monoisotopic (exact) mass is 408 g/mol. The second-order valence-electron chi connectivity index (χ2n) is 5.53. The minimum atomic E-state index is -3.85. The third-order valence-corrected chi connectivity index (χ3v) is 8.11. The van der Waals surface area contributed by atoms with E-state index < -0.39 is 19.7 Å². The molecule has 6 nitrogen and oxygen atoms in total. The number of hydrogen-bond donors (Lipinski definition) is 1. The summed E-state index contributed by atoms with van der Waals surface area (Å²) in [5.41, 5.74) is 0.961. The fourth-order valence-corrected chi connectivity index (χ4v) is 5.64. The zero-order valence-electron chi connectivity index (χ0n) is 14.0. The van der Waals surface area contributed by atoms with Crippen LogP contribution in [-0.2, 0) is 19.7 Å². The molecule has 0 saturated heterocycles. The Morgan fingerprint density at radius 2 is 1.69 bits per heavy atom. The normalized spacial score (nSPS) is 12.1. The van der Waals surface area contributed by atoms with Gasteiger partial charge in [-0.25, -0.2) is 21.8 Å². The summed E-state index contributed by atoms with van der Waals surface area (Å²) >= 11 is 1.02. The van der Waals surface area contributed by atoms with Crippen molar-refractivity contribution in [3.63, 3.8) is 0 Å².